The molecule has 0 N–H and O–H groups in total. The maximum atomic E-state index is 12.2. The Kier molecular flexibility index (Phi) is 4.65. The molecule has 0 aromatic heterocycles. The van der Waals surface area contributed by atoms with Gasteiger partial charge in [-0.3, -0.25) is 14.5 Å². The van der Waals surface area contributed by atoms with E-state index in [1.54, 1.807) is 36.4 Å². The quantitative estimate of drug-likeness (QED) is 0.485. The summed E-state index contributed by atoms with van der Waals surface area (Å²) in [5.41, 5.74) is 2.00. The van der Waals surface area contributed by atoms with E-state index in [4.69, 9.17) is 4.74 Å². The van der Waals surface area contributed by atoms with Gasteiger partial charge < -0.3 is 4.74 Å². The summed E-state index contributed by atoms with van der Waals surface area (Å²) in [6.45, 7) is 4.19. The number of anilines is 1. The molecule has 0 atom stereocenters. The Morgan fingerprint density at radius 3 is 2.00 bits per heavy atom. The van der Waals surface area contributed by atoms with E-state index in [9.17, 15) is 14.4 Å². The summed E-state index contributed by atoms with van der Waals surface area (Å²) in [5, 5.41) is 0. The van der Waals surface area contributed by atoms with Crippen molar-refractivity contribution in [2.45, 2.75) is 32.6 Å². The van der Waals surface area contributed by atoms with Crippen LogP contribution in [0.15, 0.2) is 48.5 Å². The first-order chi connectivity index (χ1) is 12.0. The van der Waals surface area contributed by atoms with E-state index in [1.165, 1.54) is 5.56 Å². The van der Waals surface area contributed by atoms with Gasteiger partial charge >= 0.3 is 5.97 Å². The summed E-state index contributed by atoms with van der Waals surface area (Å²) >= 11 is 0. The van der Waals surface area contributed by atoms with Crippen molar-refractivity contribution >= 4 is 23.5 Å². The van der Waals surface area contributed by atoms with E-state index >= 15 is 0 Å². The Labute approximate surface area is 146 Å². The Balaban J connectivity index is 1.70. The molecular weight excluding hydrogens is 318 g/mol. The van der Waals surface area contributed by atoms with E-state index in [1.807, 2.05) is 12.1 Å². The van der Waals surface area contributed by atoms with Crippen LogP contribution >= 0.6 is 0 Å². The van der Waals surface area contributed by atoms with Crippen LogP contribution in [0.25, 0.3) is 0 Å². The standard InChI is InChI=1S/C20H19NO4/c1-13(2)14-5-9-17(10-6-14)25-20(24)15-3-7-16(8-4-15)21-18(22)11-12-19(21)23/h3-10,13H,11-12H2,1-2H3. The van der Waals surface area contributed by atoms with E-state index in [0.717, 1.165) is 4.90 Å². The maximum Gasteiger partial charge on any atom is 0.343 e. The van der Waals surface area contributed by atoms with Crippen LogP contribution in [-0.2, 0) is 9.59 Å². The van der Waals surface area contributed by atoms with E-state index < -0.39 is 5.97 Å². The van der Waals surface area contributed by atoms with Gasteiger partial charge in [-0.1, -0.05) is 26.0 Å². The van der Waals surface area contributed by atoms with Crippen molar-refractivity contribution in [1.82, 2.24) is 0 Å². The Morgan fingerprint density at radius 2 is 1.48 bits per heavy atom. The molecule has 1 fully saturated rings. The average Bonchev–Trinajstić information content (AvgIpc) is 2.94. The molecule has 1 aliphatic rings. The van der Waals surface area contributed by atoms with Crippen molar-refractivity contribution in [3.8, 4) is 5.75 Å². The van der Waals surface area contributed by atoms with Crippen LogP contribution in [0.1, 0.15) is 48.5 Å². The third kappa shape index (κ3) is 3.60. The van der Waals surface area contributed by atoms with Gasteiger partial charge in [0.05, 0.1) is 11.3 Å². The monoisotopic (exact) mass is 337 g/mol. The lowest BCUT2D eigenvalue weighted by Crippen LogP contribution is -2.28. The smallest absolute Gasteiger partial charge is 0.343 e. The zero-order valence-corrected chi connectivity index (χ0v) is 14.2. The third-order valence-corrected chi connectivity index (χ3v) is 4.17. The highest BCUT2D eigenvalue weighted by atomic mass is 16.5. The Hall–Kier alpha value is -2.95. The molecule has 25 heavy (non-hydrogen) atoms. The third-order valence-electron chi connectivity index (χ3n) is 4.17. The fraction of sp³-hybridized carbons (Fsp3) is 0.250. The number of imide groups is 1. The molecule has 2 aromatic carbocycles. The predicted molar refractivity (Wildman–Crippen MR) is 93.7 cm³/mol. The summed E-state index contributed by atoms with van der Waals surface area (Å²) in [6.07, 6.45) is 0.462. The molecule has 0 saturated carbocycles. The highest BCUT2D eigenvalue weighted by Crippen LogP contribution is 2.24. The van der Waals surface area contributed by atoms with Crippen molar-refractivity contribution in [2.24, 2.45) is 0 Å². The van der Waals surface area contributed by atoms with Crippen LogP contribution in [0.4, 0.5) is 5.69 Å². The molecule has 3 rings (SSSR count). The molecular formula is C20H19NO4. The minimum Gasteiger partial charge on any atom is -0.423 e. The minimum atomic E-state index is -0.483. The van der Waals surface area contributed by atoms with E-state index in [0.29, 0.717) is 22.9 Å². The van der Waals surface area contributed by atoms with Gasteiger partial charge in [0.2, 0.25) is 11.8 Å². The van der Waals surface area contributed by atoms with Crippen LogP contribution in [-0.4, -0.2) is 17.8 Å². The molecule has 2 amide bonds. The second-order valence-electron chi connectivity index (χ2n) is 6.28. The number of carbonyl (C=O) groups is 3. The molecule has 0 aliphatic carbocycles. The van der Waals surface area contributed by atoms with Gasteiger partial charge in [0, 0.05) is 12.8 Å². The highest BCUT2D eigenvalue weighted by Gasteiger charge is 2.30. The first-order valence-corrected chi connectivity index (χ1v) is 8.23. The van der Waals surface area contributed by atoms with Crippen LogP contribution in [0.3, 0.4) is 0 Å². The molecule has 1 aliphatic heterocycles. The number of nitrogens with zero attached hydrogens (tertiary/aromatic N) is 1. The summed E-state index contributed by atoms with van der Waals surface area (Å²) in [4.78, 5) is 36.8. The fourth-order valence-corrected chi connectivity index (χ4v) is 2.70. The van der Waals surface area contributed by atoms with Crippen LogP contribution < -0.4 is 9.64 Å². The topological polar surface area (TPSA) is 63.7 Å². The molecule has 0 unspecified atom stereocenters. The normalized spacial score (nSPS) is 14.3. The molecule has 2 aromatic rings. The molecule has 1 heterocycles. The number of amides is 2. The number of esters is 1. The van der Waals surface area contributed by atoms with Gasteiger partial charge in [0.15, 0.2) is 0 Å². The van der Waals surface area contributed by atoms with Gasteiger partial charge in [-0.05, 0) is 47.9 Å². The van der Waals surface area contributed by atoms with Crippen molar-refractivity contribution < 1.29 is 19.1 Å². The van der Waals surface area contributed by atoms with Gasteiger partial charge in [-0.15, -0.1) is 0 Å². The number of hydrogen-bond acceptors (Lipinski definition) is 4. The van der Waals surface area contributed by atoms with Crippen molar-refractivity contribution in [3.63, 3.8) is 0 Å². The predicted octanol–water partition coefficient (Wildman–Crippen LogP) is 3.68. The lowest BCUT2D eigenvalue weighted by atomic mass is 10.0. The average molecular weight is 337 g/mol. The number of carbonyl (C=O) groups excluding carboxylic acids is 3. The van der Waals surface area contributed by atoms with Gasteiger partial charge in [-0.25, -0.2) is 4.79 Å². The number of rotatable bonds is 4. The summed E-state index contributed by atoms with van der Waals surface area (Å²) in [5.74, 6) is -0.0317. The molecule has 5 nitrogen and oxygen atoms in total. The summed E-state index contributed by atoms with van der Waals surface area (Å²) in [6, 6.07) is 13.7. The second-order valence-corrected chi connectivity index (χ2v) is 6.28. The number of hydrogen-bond donors (Lipinski definition) is 0. The highest BCUT2D eigenvalue weighted by molar-refractivity contribution is 6.19. The Bertz CT molecular complexity index is 791. The van der Waals surface area contributed by atoms with E-state index in [-0.39, 0.29) is 24.7 Å². The lowest BCUT2D eigenvalue weighted by molar-refractivity contribution is -0.121. The summed E-state index contributed by atoms with van der Waals surface area (Å²) < 4.78 is 5.36. The van der Waals surface area contributed by atoms with Gasteiger partial charge in [-0.2, -0.15) is 0 Å². The van der Waals surface area contributed by atoms with Crippen LogP contribution in [0.2, 0.25) is 0 Å². The zero-order valence-electron chi connectivity index (χ0n) is 14.2. The molecule has 0 bridgehead atoms. The first-order valence-electron chi connectivity index (χ1n) is 8.23. The number of ether oxygens (including phenoxy) is 1. The van der Waals surface area contributed by atoms with Crippen molar-refractivity contribution in [1.29, 1.82) is 0 Å². The maximum absolute atomic E-state index is 12.2. The largest absolute Gasteiger partial charge is 0.423 e. The zero-order chi connectivity index (χ0) is 18.0. The van der Waals surface area contributed by atoms with Crippen molar-refractivity contribution in [2.75, 3.05) is 4.90 Å². The van der Waals surface area contributed by atoms with Crippen molar-refractivity contribution in [3.05, 3.63) is 59.7 Å². The van der Waals surface area contributed by atoms with E-state index in [2.05, 4.69) is 13.8 Å². The van der Waals surface area contributed by atoms with Crippen LogP contribution in [0.5, 0.6) is 5.75 Å². The summed E-state index contributed by atoms with van der Waals surface area (Å²) in [7, 11) is 0. The lowest BCUT2D eigenvalue weighted by Gasteiger charge is -2.14. The second kappa shape index (κ2) is 6.89. The Morgan fingerprint density at radius 1 is 0.920 bits per heavy atom. The van der Waals surface area contributed by atoms with Gasteiger partial charge in [0.1, 0.15) is 5.75 Å². The SMILES string of the molecule is CC(C)c1ccc(OC(=O)c2ccc(N3C(=O)CCC3=O)cc2)cc1. The first kappa shape index (κ1) is 16.9. The van der Waals surface area contributed by atoms with Crippen LogP contribution in [0, 0.1) is 0 Å². The molecule has 5 heteroatoms. The molecule has 0 radical (unpaired) electrons. The fourth-order valence-electron chi connectivity index (χ4n) is 2.70. The van der Waals surface area contributed by atoms with Gasteiger partial charge in [0.25, 0.3) is 0 Å². The minimum absolute atomic E-state index is 0.217. The number of benzene rings is 2. The molecule has 1 saturated heterocycles. The molecule has 0 spiro atoms. The molecule has 128 valence electrons.